The highest BCUT2D eigenvalue weighted by Gasteiger charge is 2.24. The molecule has 0 unspecified atom stereocenters. The van der Waals surface area contributed by atoms with Gasteiger partial charge in [-0.25, -0.2) is 9.98 Å². The highest BCUT2D eigenvalue weighted by atomic mass is 79.9. The summed E-state index contributed by atoms with van der Waals surface area (Å²) in [5, 5.41) is 6.37. The minimum absolute atomic E-state index is 0.181. The van der Waals surface area contributed by atoms with Crippen molar-refractivity contribution in [3.05, 3.63) is 44.7 Å². The number of hydrogen-bond acceptors (Lipinski definition) is 6. The van der Waals surface area contributed by atoms with Crippen molar-refractivity contribution >= 4 is 72.9 Å². The van der Waals surface area contributed by atoms with Crippen LogP contribution in [-0.4, -0.2) is 22.0 Å². The Hall–Kier alpha value is -1.97. The number of carbonyl (C=O) groups is 2. The molecule has 24 heavy (non-hydrogen) atoms. The molecule has 0 aliphatic carbocycles. The van der Waals surface area contributed by atoms with E-state index in [0.717, 1.165) is 15.0 Å². The average molecular weight is 423 g/mol. The average Bonchev–Trinajstić information content (AvgIpc) is 3.08. The largest absolute Gasteiger partial charge is 0.302 e. The number of aliphatic imine (C=N–C) groups is 1. The summed E-state index contributed by atoms with van der Waals surface area (Å²) in [6.45, 7) is 1.42. The molecule has 2 amide bonds. The molecule has 0 bridgehead atoms. The van der Waals surface area contributed by atoms with Gasteiger partial charge < -0.3 is 10.6 Å². The van der Waals surface area contributed by atoms with E-state index in [1.54, 1.807) is 12.3 Å². The van der Waals surface area contributed by atoms with Crippen molar-refractivity contribution in [1.29, 1.82) is 0 Å². The maximum Gasteiger partial charge on any atom is 0.264 e. The number of benzene rings is 1. The SMILES string of the molecule is CC(=O)Nc1ncc(/C=C2\S/C(=N\c3ccccc3Br)NC2=O)s1. The van der Waals surface area contributed by atoms with Crippen LogP contribution >= 0.6 is 39.0 Å². The molecule has 9 heteroatoms. The van der Waals surface area contributed by atoms with Gasteiger partial charge in [-0.3, -0.25) is 9.59 Å². The van der Waals surface area contributed by atoms with E-state index < -0.39 is 0 Å². The summed E-state index contributed by atoms with van der Waals surface area (Å²) in [7, 11) is 0. The number of thiazole rings is 1. The number of aromatic nitrogens is 1. The number of amidine groups is 1. The molecule has 6 nitrogen and oxygen atoms in total. The molecule has 1 saturated heterocycles. The van der Waals surface area contributed by atoms with Crippen molar-refractivity contribution in [2.75, 3.05) is 5.32 Å². The molecule has 0 saturated carbocycles. The molecule has 2 heterocycles. The Bertz CT molecular complexity index is 876. The number of halogens is 1. The first kappa shape index (κ1) is 16.9. The lowest BCUT2D eigenvalue weighted by Gasteiger charge is -1.98. The van der Waals surface area contributed by atoms with E-state index >= 15 is 0 Å². The standard InChI is InChI=1S/C15H11BrN4O2S2/c1-8(21)18-14-17-7-9(23-14)6-12-13(22)20-15(24-12)19-11-5-3-2-4-10(11)16/h2-7H,1H3,(H,17,18,21)(H,19,20,22)/b12-6-. The molecular weight excluding hydrogens is 412 g/mol. The van der Waals surface area contributed by atoms with Gasteiger partial charge >= 0.3 is 0 Å². The summed E-state index contributed by atoms with van der Waals surface area (Å²) in [6.07, 6.45) is 3.34. The Morgan fingerprint density at radius 2 is 2.21 bits per heavy atom. The lowest BCUT2D eigenvalue weighted by molar-refractivity contribution is -0.115. The van der Waals surface area contributed by atoms with Gasteiger partial charge in [-0.15, -0.1) is 0 Å². The summed E-state index contributed by atoms with van der Waals surface area (Å²) >= 11 is 5.98. The van der Waals surface area contributed by atoms with Gasteiger partial charge in [0.05, 0.1) is 15.5 Å². The number of anilines is 1. The molecule has 1 fully saturated rings. The Labute approximate surface area is 154 Å². The molecular formula is C15H11BrN4O2S2. The predicted molar refractivity (Wildman–Crippen MR) is 101 cm³/mol. The van der Waals surface area contributed by atoms with Crippen molar-refractivity contribution in [1.82, 2.24) is 10.3 Å². The normalized spacial score (nSPS) is 17.3. The Morgan fingerprint density at radius 1 is 1.42 bits per heavy atom. The smallest absolute Gasteiger partial charge is 0.264 e. The van der Waals surface area contributed by atoms with Crippen molar-refractivity contribution < 1.29 is 9.59 Å². The molecule has 1 aliphatic heterocycles. The number of nitrogens with zero attached hydrogens (tertiary/aromatic N) is 2. The van der Waals surface area contributed by atoms with Gasteiger partial charge in [0.25, 0.3) is 5.91 Å². The summed E-state index contributed by atoms with van der Waals surface area (Å²) < 4.78 is 0.854. The molecule has 0 atom stereocenters. The maximum atomic E-state index is 12.1. The van der Waals surface area contributed by atoms with E-state index in [-0.39, 0.29) is 11.8 Å². The highest BCUT2D eigenvalue weighted by molar-refractivity contribution is 9.10. The molecule has 0 spiro atoms. The van der Waals surface area contributed by atoms with Crippen LogP contribution < -0.4 is 10.6 Å². The number of nitrogens with one attached hydrogen (secondary N) is 2. The molecule has 3 rings (SSSR count). The fraction of sp³-hybridized carbons (Fsp3) is 0.0667. The molecule has 122 valence electrons. The molecule has 1 aromatic carbocycles. The van der Waals surface area contributed by atoms with Crippen molar-refractivity contribution in [2.24, 2.45) is 4.99 Å². The molecule has 2 aromatic rings. The monoisotopic (exact) mass is 422 g/mol. The van der Waals surface area contributed by atoms with Gasteiger partial charge in [-0.1, -0.05) is 23.5 Å². The van der Waals surface area contributed by atoms with Crippen LogP contribution in [0.2, 0.25) is 0 Å². The Balaban J connectivity index is 1.78. The second kappa shape index (κ2) is 7.29. The van der Waals surface area contributed by atoms with Crippen LogP contribution in [0, 0.1) is 0 Å². The van der Waals surface area contributed by atoms with Crippen LogP contribution in [-0.2, 0) is 9.59 Å². The van der Waals surface area contributed by atoms with E-state index in [1.807, 2.05) is 24.3 Å². The van der Waals surface area contributed by atoms with E-state index in [4.69, 9.17) is 0 Å². The second-order valence-electron chi connectivity index (χ2n) is 4.68. The molecule has 1 aliphatic rings. The van der Waals surface area contributed by atoms with E-state index in [9.17, 15) is 9.59 Å². The lowest BCUT2D eigenvalue weighted by Crippen LogP contribution is -2.19. The molecule has 2 N–H and O–H groups in total. The quantitative estimate of drug-likeness (QED) is 0.737. The molecule has 1 aromatic heterocycles. The van der Waals surface area contributed by atoms with Gasteiger partial charge in [-0.2, -0.15) is 0 Å². The van der Waals surface area contributed by atoms with Gasteiger partial charge in [-0.05, 0) is 45.9 Å². The Kier molecular flexibility index (Phi) is 5.12. The first-order valence-electron chi connectivity index (χ1n) is 6.79. The van der Waals surface area contributed by atoms with Gasteiger partial charge in [0, 0.05) is 17.6 Å². The number of hydrogen-bond donors (Lipinski definition) is 2. The van der Waals surface area contributed by atoms with E-state index in [1.165, 1.54) is 30.0 Å². The van der Waals surface area contributed by atoms with Crippen LogP contribution in [0.15, 0.2) is 44.8 Å². The van der Waals surface area contributed by atoms with Gasteiger partial charge in [0.2, 0.25) is 5.91 Å². The van der Waals surface area contributed by atoms with Crippen LogP contribution in [0.4, 0.5) is 10.8 Å². The third kappa shape index (κ3) is 4.11. The first-order chi connectivity index (χ1) is 11.5. The second-order valence-corrected chi connectivity index (χ2v) is 7.63. The summed E-state index contributed by atoms with van der Waals surface area (Å²) in [5.41, 5.74) is 0.743. The number of amides is 2. The fourth-order valence-corrected chi connectivity index (χ4v) is 3.90. The third-order valence-electron chi connectivity index (χ3n) is 2.81. The zero-order chi connectivity index (χ0) is 17.1. The number of thioether (sulfide) groups is 1. The van der Waals surface area contributed by atoms with Crippen molar-refractivity contribution in [2.45, 2.75) is 6.92 Å². The number of para-hydroxylation sites is 1. The van der Waals surface area contributed by atoms with Gasteiger partial charge in [0.15, 0.2) is 10.3 Å². The van der Waals surface area contributed by atoms with Crippen LogP contribution in [0.3, 0.4) is 0 Å². The van der Waals surface area contributed by atoms with Crippen molar-refractivity contribution in [3.8, 4) is 0 Å². The number of rotatable bonds is 3. The molecule has 0 radical (unpaired) electrons. The van der Waals surface area contributed by atoms with Crippen molar-refractivity contribution in [3.63, 3.8) is 0 Å². The minimum Gasteiger partial charge on any atom is -0.302 e. The van der Waals surface area contributed by atoms with Crippen LogP contribution in [0.5, 0.6) is 0 Å². The zero-order valence-electron chi connectivity index (χ0n) is 12.4. The van der Waals surface area contributed by atoms with Gasteiger partial charge in [0.1, 0.15) is 0 Å². The third-order valence-corrected chi connectivity index (χ3v) is 5.25. The highest BCUT2D eigenvalue weighted by Crippen LogP contribution is 2.32. The zero-order valence-corrected chi connectivity index (χ0v) is 15.6. The summed E-state index contributed by atoms with van der Waals surface area (Å²) in [6, 6.07) is 7.52. The number of carbonyl (C=O) groups excluding carboxylic acids is 2. The fourth-order valence-electron chi connectivity index (χ4n) is 1.82. The van der Waals surface area contributed by atoms with Crippen LogP contribution in [0.1, 0.15) is 11.8 Å². The predicted octanol–water partition coefficient (Wildman–Crippen LogP) is 3.76. The minimum atomic E-state index is -0.208. The van der Waals surface area contributed by atoms with Crippen LogP contribution in [0.25, 0.3) is 6.08 Å². The first-order valence-corrected chi connectivity index (χ1v) is 9.21. The summed E-state index contributed by atoms with van der Waals surface area (Å²) in [5.74, 6) is -0.389. The maximum absolute atomic E-state index is 12.1. The lowest BCUT2D eigenvalue weighted by atomic mass is 10.3. The summed E-state index contributed by atoms with van der Waals surface area (Å²) in [4.78, 5) is 32.9. The van der Waals surface area contributed by atoms with E-state index in [2.05, 4.69) is 36.5 Å². The van der Waals surface area contributed by atoms with E-state index in [0.29, 0.717) is 15.2 Å². The Morgan fingerprint density at radius 3 is 2.96 bits per heavy atom. The topological polar surface area (TPSA) is 83.4 Å².